The lowest BCUT2D eigenvalue weighted by Crippen LogP contribution is -2.35. The summed E-state index contributed by atoms with van der Waals surface area (Å²) in [6.45, 7) is 0. The van der Waals surface area contributed by atoms with Gasteiger partial charge in [0.1, 0.15) is 0 Å². The Balaban J connectivity index is 1.87. The minimum absolute atomic E-state index is 0.307. The Labute approximate surface area is 140 Å². The molecule has 0 radical (unpaired) electrons. The molecular weight excluding hydrogens is 298 g/mol. The van der Waals surface area contributed by atoms with Gasteiger partial charge in [0.05, 0.1) is 0 Å². The first-order valence-electron chi connectivity index (χ1n) is 7.79. The lowest BCUT2D eigenvalue weighted by Gasteiger charge is -2.27. The Morgan fingerprint density at radius 1 is 0.667 bits per heavy atom. The Hall–Kier alpha value is -3.20. The molecule has 0 saturated carbocycles. The third-order valence-electron chi connectivity index (χ3n) is 4.14. The third-order valence-corrected chi connectivity index (χ3v) is 4.14. The number of benzene rings is 3. The summed E-state index contributed by atoms with van der Waals surface area (Å²) in [4.78, 5) is 17.2. The van der Waals surface area contributed by atoms with Crippen LogP contribution in [-0.4, -0.2) is 11.8 Å². The molecule has 0 saturated heterocycles. The van der Waals surface area contributed by atoms with Gasteiger partial charge in [-0.05, 0) is 12.1 Å². The summed E-state index contributed by atoms with van der Waals surface area (Å²) in [6, 6.07) is 28.5. The molecule has 0 spiro atoms. The normalized spacial score (nSPS) is 15.7. The monoisotopic (exact) mass is 313 g/mol. The smallest absolute Gasteiger partial charge is 0.302 e. The molecule has 24 heavy (non-hydrogen) atoms. The molecule has 3 nitrogen and oxygen atoms in total. The van der Waals surface area contributed by atoms with E-state index in [2.05, 4.69) is 4.99 Å². The first-order chi connectivity index (χ1) is 11.8. The van der Waals surface area contributed by atoms with Crippen molar-refractivity contribution in [1.82, 2.24) is 0 Å². The van der Waals surface area contributed by atoms with E-state index in [4.69, 9.17) is 4.74 Å². The highest BCUT2D eigenvalue weighted by atomic mass is 16.5. The number of ether oxygens (including phenoxy) is 1. The van der Waals surface area contributed by atoms with Crippen LogP contribution in [0.1, 0.15) is 16.7 Å². The molecule has 0 fully saturated rings. The zero-order valence-corrected chi connectivity index (χ0v) is 12.9. The van der Waals surface area contributed by atoms with Gasteiger partial charge in [-0.15, -0.1) is 0 Å². The largest absolute Gasteiger partial charge is 0.450 e. The summed E-state index contributed by atoms with van der Waals surface area (Å²) in [5.74, 6) is 0.0482. The van der Waals surface area contributed by atoms with E-state index < -0.39 is 5.60 Å². The standard InChI is InChI=1S/C21H15NO2/c23-20-21(17-12-6-2-7-13-17,18-14-8-3-9-15-18)24-19(22-20)16-10-4-1-5-11-16/h1-15H. The van der Waals surface area contributed by atoms with Gasteiger partial charge in [-0.25, -0.2) is 0 Å². The molecule has 116 valence electrons. The fourth-order valence-electron chi connectivity index (χ4n) is 2.96. The molecule has 3 aromatic carbocycles. The number of carbonyl (C=O) groups is 1. The number of nitrogens with zero attached hydrogens (tertiary/aromatic N) is 1. The summed E-state index contributed by atoms with van der Waals surface area (Å²) < 4.78 is 6.22. The molecular formula is C21H15NO2. The fraction of sp³-hybridized carbons (Fsp3) is 0.0476. The minimum Gasteiger partial charge on any atom is -0.450 e. The minimum atomic E-state index is -1.23. The molecule has 0 aromatic heterocycles. The lowest BCUT2D eigenvalue weighted by molar-refractivity contribution is -0.128. The molecule has 1 heterocycles. The summed E-state index contributed by atoms with van der Waals surface area (Å²) in [5, 5.41) is 0. The molecule has 0 unspecified atom stereocenters. The van der Waals surface area contributed by atoms with Crippen molar-refractivity contribution in [3.8, 4) is 0 Å². The van der Waals surface area contributed by atoms with Crippen LogP contribution < -0.4 is 0 Å². The molecule has 0 N–H and O–H groups in total. The van der Waals surface area contributed by atoms with Gasteiger partial charge in [0.15, 0.2) is 0 Å². The number of carbonyl (C=O) groups excluding carboxylic acids is 1. The van der Waals surface area contributed by atoms with Gasteiger partial charge >= 0.3 is 5.91 Å². The highest BCUT2D eigenvalue weighted by Crippen LogP contribution is 2.39. The highest BCUT2D eigenvalue weighted by Gasteiger charge is 2.49. The van der Waals surface area contributed by atoms with E-state index in [1.54, 1.807) is 0 Å². The number of amides is 1. The van der Waals surface area contributed by atoms with Gasteiger partial charge in [-0.1, -0.05) is 78.9 Å². The summed E-state index contributed by atoms with van der Waals surface area (Å²) >= 11 is 0. The highest BCUT2D eigenvalue weighted by molar-refractivity contribution is 6.10. The van der Waals surface area contributed by atoms with Crippen LogP contribution in [0.3, 0.4) is 0 Å². The predicted octanol–water partition coefficient (Wildman–Crippen LogP) is 3.93. The van der Waals surface area contributed by atoms with Crippen molar-refractivity contribution in [3.63, 3.8) is 0 Å². The number of aliphatic imine (C=N–C) groups is 1. The molecule has 1 aliphatic rings. The quantitative estimate of drug-likeness (QED) is 0.735. The first kappa shape index (κ1) is 14.4. The molecule has 1 aliphatic heterocycles. The first-order valence-corrected chi connectivity index (χ1v) is 7.79. The van der Waals surface area contributed by atoms with E-state index in [1.165, 1.54) is 0 Å². The molecule has 0 atom stereocenters. The van der Waals surface area contributed by atoms with E-state index in [0.29, 0.717) is 5.90 Å². The second-order valence-electron chi connectivity index (χ2n) is 5.60. The number of rotatable bonds is 3. The maximum Gasteiger partial charge on any atom is 0.302 e. The van der Waals surface area contributed by atoms with Crippen molar-refractivity contribution in [3.05, 3.63) is 108 Å². The van der Waals surface area contributed by atoms with Gasteiger partial charge in [-0.3, -0.25) is 4.79 Å². The Morgan fingerprint density at radius 2 is 1.12 bits per heavy atom. The second-order valence-corrected chi connectivity index (χ2v) is 5.60. The average molecular weight is 313 g/mol. The van der Waals surface area contributed by atoms with Crippen LogP contribution >= 0.6 is 0 Å². The molecule has 0 bridgehead atoms. The van der Waals surface area contributed by atoms with Crippen LogP contribution in [0, 0.1) is 0 Å². The van der Waals surface area contributed by atoms with Gasteiger partial charge < -0.3 is 4.74 Å². The van der Waals surface area contributed by atoms with Gasteiger partial charge in [0.25, 0.3) is 0 Å². The Bertz CT molecular complexity index is 847. The predicted molar refractivity (Wildman–Crippen MR) is 92.7 cm³/mol. The second kappa shape index (κ2) is 5.78. The van der Waals surface area contributed by atoms with Gasteiger partial charge in [0, 0.05) is 16.7 Å². The maximum absolute atomic E-state index is 13.0. The van der Waals surface area contributed by atoms with E-state index in [1.807, 2.05) is 91.0 Å². The van der Waals surface area contributed by atoms with E-state index in [9.17, 15) is 4.79 Å². The number of hydrogen-bond acceptors (Lipinski definition) is 2. The van der Waals surface area contributed by atoms with Crippen molar-refractivity contribution >= 4 is 11.8 Å². The van der Waals surface area contributed by atoms with E-state index in [-0.39, 0.29) is 5.91 Å². The Kier molecular flexibility index (Phi) is 3.47. The molecule has 1 amide bonds. The average Bonchev–Trinajstić information content (AvgIpc) is 3.02. The molecule has 4 rings (SSSR count). The van der Waals surface area contributed by atoms with Gasteiger partial charge in [-0.2, -0.15) is 4.99 Å². The Morgan fingerprint density at radius 3 is 1.62 bits per heavy atom. The van der Waals surface area contributed by atoms with Crippen LogP contribution in [0.5, 0.6) is 0 Å². The van der Waals surface area contributed by atoms with Crippen molar-refractivity contribution in [2.24, 2.45) is 4.99 Å². The SMILES string of the molecule is O=C1N=C(c2ccccc2)OC1(c1ccccc1)c1ccccc1. The molecule has 3 heteroatoms. The zero-order valence-electron chi connectivity index (χ0n) is 12.9. The molecule has 3 aromatic rings. The number of hydrogen-bond donors (Lipinski definition) is 0. The third kappa shape index (κ3) is 2.22. The van der Waals surface area contributed by atoms with Crippen molar-refractivity contribution in [2.75, 3.05) is 0 Å². The summed E-state index contributed by atoms with van der Waals surface area (Å²) in [5.41, 5.74) is 1.11. The topological polar surface area (TPSA) is 38.7 Å². The van der Waals surface area contributed by atoms with Gasteiger partial charge in [0.2, 0.25) is 11.5 Å². The van der Waals surface area contributed by atoms with Crippen molar-refractivity contribution in [1.29, 1.82) is 0 Å². The zero-order chi connectivity index (χ0) is 16.4. The lowest BCUT2D eigenvalue weighted by atomic mass is 9.86. The van der Waals surface area contributed by atoms with Crippen molar-refractivity contribution in [2.45, 2.75) is 5.60 Å². The summed E-state index contributed by atoms with van der Waals surface area (Å²) in [7, 11) is 0. The summed E-state index contributed by atoms with van der Waals surface area (Å²) in [6.07, 6.45) is 0. The van der Waals surface area contributed by atoms with Crippen LogP contribution in [0.4, 0.5) is 0 Å². The van der Waals surface area contributed by atoms with E-state index >= 15 is 0 Å². The molecule has 0 aliphatic carbocycles. The van der Waals surface area contributed by atoms with Crippen LogP contribution in [0.2, 0.25) is 0 Å². The fourth-order valence-corrected chi connectivity index (χ4v) is 2.96. The van der Waals surface area contributed by atoms with Crippen molar-refractivity contribution < 1.29 is 9.53 Å². The van der Waals surface area contributed by atoms with Crippen LogP contribution in [0.25, 0.3) is 0 Å². The van der Waals surface area contributed by atoms with Crippen LogP contribution in [-0.2, 0) is 15.1 Å². The maximum atomic E-state index is 13.0. The van der Waals surface area contributed by atoms with Crippen LogP contribution in [0.15, 0.2) is 96.0 Å². The van der Waals surface area contributed by atoms with E-state index in [0.717, 1.165) is 16.7 Å².